The van der Waals surface area contributed by atoms with Crippen molar-refractivity contribution in [3.8, 4) is 11.5 Å². The molecule has 0 radical (unpaired) electrons. The van der Waals surface area contributed by atoms with Crippen molar-refractivity contribution in [1.29, 1.82) is 0 Å². The number of hydrogen-bond donors (Lipinski definition) is 2. The van der Waals surface area contributed by atoms with Gasteiger partial charge >= 0.3 is 0 Å². The summed E-state index contributed by atoms with van der Waals surface area (Å²) >= 11 is 0. The van der Waals surface area contributed by atoms with Gasteiger partial charge in [-0.25, -0.2) is 0 Å². The third kappa shape index (κ3) is 4.38. The summed E-state index contributed by atoms with van der Waals surface area (Å²) in [6, 6.07) is 5.76. The lowest BCUT2D eigenvalue weighted by Gasteiger charge is -2.11. The van der Waals surface area contributed by atoms with E-state index in [-0.39, 0.29) is 5.91 Å². The molecule has 0 aromatic heterocycles. The van der Waals surface area contributed by atoms with E-state index in [9.17, 15) is 4.79 Å². The normalized spacial score (nSPS) is 14.4. The van der Waals surface area contributed by atoms with Crippen molar-refractivity contribution >= 4 is 11.7 Å². The molecule has 0 unspecified atom stereocenters. The minimum atomic E-state index is -0.137. The first-order valence-corrected chi connectivity index (χ1v) is 7.52. The van der Waals surface area contributed by atoms with Gasteiger partial charge in [0.2, 0.25) is 0 Å². The summed E-state index contributed by atoms with van der Waals surface area (Å²) in [6.45, 7) is 2.07. The average Bonchev–Trinajstić information content (AvgIpc) is 2.83. The van der Waals surface area contributed by atoms with Crippen LogP contribution in [0.2, 0.25) is 0 Å². The van der Waals surface area contributed by atoms with E-state index in [4.69, 9.17) is 9.47 Å². The van der Waals surface area contributed by atoms with Crippen molar-refractivity contribution in [2.24, 2.45) is 4.99 Å². The zero-order valence-corrected chi connectivity index (χ0v) is 13.1. The van der Waals surface area contributed by atoms with Crippen molar-refractivity contribution < 1.29 is 14.3 Å². The molecule has 0 aliphatic carbocycles. The molecule has 2 N–H and O–H groups in total. The Morgan fingerprint density at radius 1 is 1.27 bits per heavy atom. The molecule has 1 aliphatic heterocycles. The summed E-state index contributed by atoms with van der Waals surface area (Å²) in [5.41, 5.74) is 1.08. The average molecular weight is 305 g/mol. The fraction of sp³-hybridized carbons (Fsp3) is 0.500. The molecule has 0 bridgehead atoms. The summed E-state index contributed by atoms with van der Waals surface area (Å²) in [4.78, 5) is 16.3. The smallest absolute Gasteiger partial charge is 0.286 e. The number of nitrogens with zero attached hydrogens (tertiary/aromatic N) is 1. The van der Waals surface area contributed by atoms with E-state index in [0.29, 0.717) is 30.4 Å². The van der Waals surface area contributed by atoms with Crippen LogP contribution in [0.5, 0.6) is 11.5 Å². The van der Waals surface area contributed by atoms with Crippen LogP contribution in [-0.2, 0) is 11.2 Å². The van der Waals surface area contributed by atoms with Crippen LogP contribution in [0, 0.1) is 0 Å². The topological polar surface area (TPSA) is 72.0 Å². The molecule has 0 saturated heterocycles. The zero-order chi connectivity index (χ0) is 15.8. The Morgan fingerprint density at radius 3 is 2.86 bits per heavy atom. The third-order valence-corrected chi connectivity index (χ3v) is 3.51. The molecule has 1 aromatic rings. The van der Waals surface area contributed by atoms with Gasteiger partial charge in [0.15, 0.2) is 17.3 Å². The standard InChI is InChI=1S/C16H23N3O3/c1-21-13-6-5-12(11-14(13)22-2)7-10-19-16(20)15-17-8-3-4-9-18-15/h5-6,11H,3-4,7-10H2,1-2H3,(H,17,18)(H,19,20). The van der Waals surface area contributed by atoms with E-state index in [1.54, 1.807) is 14.2 Å². The number of methoxy groups -OCH3 is 2. The highest BCUT2D eigenvalue weighted by Gasteiger charge is 2.12. The maximum absolute atomic E-state index is 12.0. The van der Waals surface area contributed by atoms with Gasteiger partial charge in [-0.2, -0.15) is 0 Å². The molecular weight excluding hydrogens is 282 g/mol. The number of carbonyl (C=O) groups is 1. The van der Waals surface area contributed by atoms with Gasteiger partial charge < -0.3 is 20.1 Å². The highest BCUT2D eigenvalue weighted by Crippen LogP contribution is 2.27. The van der Waals surface area contributed by atoms with Crippen LogP contribution in [0.25, 0.3) is 0 Å². The number of nitrogens with one attached hydrogen (secondary N) is 2. The Kier molecular flexibility index (Phi) is 6.06. The Labute approximate surface area is 130 Å². The Bertz CT molecular complexity index is 543. The minimum absolute atomic E-state index is 0.137. The van der Waals surface area contributed by atoms with Gasteiger partial charge in [-0.3, -0.25) is 9.79 Å². The molecule has 2 rings (SSSR count). The Hall–Kier alpha value is -2.24. The monoisotopic (exact) mass is 305 g/mol. The largest absolute Gasteiger partial charge is 0.493 e. The van der Waals surface area contributed by atoms with E-state index < -0.39 is 0 Å². The number of carbonyl (C=O) groups excluding carboxylic acids is 1. The maximum Gasteiger partial charge on any atom is 0.286 e. The number of benzene rings is 1. The van der Waals surface area contributed by atoms with Gasteiger partial charge in [0.05, 0.1) is 14.2 Å². The molecule has 22 heavy (non-hydrogen) atoms. The van der Waals surface area contributed by atoms with Gasteiger partial charge in [-0.05, 0) is 37.0 Å². The van der Waals surface area contributed by atoms with Crippen molar-refractivity contribution in [2.45, 2.75) is 19.3 Å². The quantitative estimate of drug-likeness (QED) is 0.827. The van der Waals surface area contributed by atoms with Crippen molar-refractivity contribution in [3.05, 3.63) is 23.8 Å². The molecule has 1 heterocycles. The van der Waals surface area contributed by atoms with Crippen LogP contribution in [0.1, 0.15) is 18.4 Å². The fourth-order valence-electron chi connectivity index (χ4n) is 2.28. The third-order valence-electron chi connectivity index (χ3n) is 3.51. The molecule has 0 atom stereocenters. The van der Waals surface area contributed by atoms with Crippen molar-refractivity contribution in [3.63, 3.8) is 0 Å². The van der Waals surface area contributed by atoms with Crippen molar-refractivity contribution in [1.82, 2.24) is 10.6 Å². The highest BCUT2D eigenvalue weighted by molar-refractivity contribution is 6.37. The predicted molar refractivity (Wildman–Crippen MR) is 85.8 cm³/mol. The summed E-state index contributed by atoms with van der Waals surface area (Å²) in [6.07, 6.45) is 2.79. The lowest BCUT2D eigenvalue weighted by atomic mass is 10.1. The predicted octanol–water partition coefficient (Wildman–Crippen LogP) is 1.14. The first kappa shape index (κ1) is 16.1. The van der Waals surface area contributed by atoms with E-state index in [1.807, 2.05) is 18.2 Å². The van der Waals surface area contributed by atoms with Gasteiger partial charge in [-0.1, -0.05) is 6.07 Å². The number of hydrogen-bond acceptors (Lipinski definition) is 5. The molecule has 6 heteroatoms. The lowest BCUT2D eigenvalue weighted by Crippen LogP contribution is -2.40. The highest BCUT2D eigenvalue weighted by atomic mass is 16.5. The van der Waals surface area contributed by atoms with Crippen LogP contribution in [0.15, 0.2) is 23.2 Å². The molecule has 0 fully saturated rings. The van der Waals surface area contributed by atoms with E-state index >= 15 is 0 Å². The number of amides is 1. The van der Waals surface area contributed by atoms with E-state index in [1.165, 1.54) is 0 Å². The van der Waals surface area contributed by atoms with Gasteiger partial charge in [-0.15, -0.1) is 0 Å². The molecule has 120 valence electrons. The second kappa shape index (κ2) is 8.26. The Morgan fingerprint density at radius 2 is 2.09 bits per heavy atom. The van der Waals surface area contributed by atoms with Gasteiger partial charge in [0.1, 0.15) is 0 Å². The summed E-state index contributed by atoms with van der Waals surface area (Å²) in [7, 11) is 3.22. The SMILES string of the molecule is COc1ccc(CCNC(=O)C2=NCCCCN2)cc1OC. The molecule has 1 aliphatic rings. The van der Waals surface area contributed by atoms with Gasteiger partial charge in [0.25, 0.3) is 5.91 Å². The van der Waals surface area contributed by atoms with Crippen LogP contribution in [0.3, 0.4) is 0 Å². The van der Waals surface area contributed by atoms with Crippen LogP contribution in [0.4, 0.5) is 0 Å². The second-order valence-electron chi connectivity index (χ2n) is 5.06. The number of ether oxygens (including phenoxy) is 2. The molecule has 1 aromatic carbocycles. The minimum Gasteiger partial charge on any atom is -0.493 e. The van der Waals surface area contributed by atoms with E-state index in [2.05, 4.69) is 15.6 Å². The maximum atomic E-state index is 12.0. The summed E-state index contributed by atoms with van der Waals surface area (Å²) in [5, 5.41) is 5.96. The summed E-state index contributed by atoms with van der Waals surface area (Å²) in [5.74, 6) is 1.71. The fourth-order valence-corrected chi connectivity index (χ4v) is 2.28. The number of rotatable bonds is 6. The molecular formula is C16H23N3O3. The molecule has 6 nitrogen and oxygen atoms in total. The molecule has 0 saturated carbocycles. The number of amidine groups is 1. The second-order valence-corrected chi connectivity index (χ2v) is 5.06. The van der Waals surface area contributed by atoms with Crippen molar-refractivity contribution in [2.75, 3.05) is 33.9 Å². The first-order valence-electron chi connectivity index (χ1n) is 7.52. The summed E-state index contributed by atoms with van der Waals surface area (Å²) < 4.78 is 10.5. The first-order chi connectivity index (χ1) is 10.7. The van der Waals surface area contributed by atoms with Crippen LogP contribution >= 0.6 is 0 Å². The van der Waals surface area contributed by atoms with Crippen LogP contribution < -0.4 is 20.1 Å². The van der Waals surface area contributed by atoms with Gasteiger partial charge in [0, 0.05) is 19.6 Å². The zero-order valence-electron chi connectivity index (χ0n) is 13.1. The number of aliphatic imine (C=N–C) groups is 1. The van der Waals surface area contributed by atoms with Crippen LogP contribution in [-0.4, -0.2) is 45.6 Å². The van der Waals surface area contributed by atoms with E-state index in [0.717, 1.165) is 31.4 Å². The molecule has 0 spiro atoms. The molecule has 1 amide bonds. The Balaban J connectivity index is 1.85. The lowest BCUT2D eigenvalue weighted by molar-refractivity contribution is -0.115.